The molecule has 3 aromatic rings. The van der Waals surface area contributed by atoms with Crippen LogP contribution in [0, 0.1) is 5.92 Å². The number of hydrogen-bond donors (Lipinski definition) is 3. The Labute approximate surface area is 207 Å². The van der Waals surface area contributed by atoms with E-state index in [2.05, 4.69) is 25.3 Å². The van der Waals surface area contributed by atoms with E-state index in [1.807, 2.05) is 6.92 Å². The van der Waals surface area contributed by atoms with E-state index in [0.29, 0.717) is 12.6 Å². The summed E-state index contributed by atoms with van der Waals surface area (Å²) >= 11 is 1.81. The lowest BCUT2D eigenvalue weighted by molar-refractivity contribution is -0.137. The molecule has 0 aromatic carbocycles. The van der Waals surface area contributed by atoms with Gasteiger partial charge in [-0.15, -0.1) is 11.3 Å². The molecule has 16 heteroatoms. The lowest BCUT2D eigenvalue weighted by Crippen LogP contribution is -2.47. The number of nitrogens with two attached hydrogens (primary N) is 1. The van der Waals surface area contributed by atoms with E-state index in [9.17, 15) is 26.7 Å². The standard InChI is InChI=1S/C19H22F3N7O3S3/c1-9-8-29(35(31,32)14-7-25-17(23)34-14)4-3-12(9)27-18-26-5-11(19(20,21)22)15(28-18)13-6-24-16(33-13)10(2)30/h5-7,9-10,12,30H,3-4,8H2,1-2H3,(H2,23,25)(H,26,27,28)/t9-,10?,12+/m1/s1. The number of nitrogens with one attached hydrogen (secondary N) is 1. The van der Waals surface area contributed by atoms with Crippen molar-refractivity contribution >= 4 is 43.8 Å². The SMILES string of the molecule is CC(O)c1ncc(-c2nc(N[C@H]3CCN(S(=O)(=O)c4cnc(N)s4)C[C@H]3C)ncc2C(F)(F)F)s1. The lowest BCUT2D eigenvalue weighted by Gasteiger charge is -2.36. The molecule has 4 rings (SSSR count). The lowest BCUT2D eigenvalue weighted by atomic mass is 9.95. The normalized spacial score (nSPS) is 20.6. The number of nitrogens with zero attached hydrogens (tertiary/aromatic N) is 5. The molecule has 0 radical (unpaired) electrons. The molecule has 1 saturated heterocycles. The van der Waals surface area contributed by atoms with Crippen molar-refractivity contribution < 1.29 is 26.7 Å². The van der Waals surface area contributed by atoms with Gasteiger partial charge in [-0.1, -0.05) is 18.3 Å². The first-order chi connectivity index (χ1) is 16.4. The highest BCUT2D eigenvalue weighted by Crippen LogP contribution is 2.39. The number of aliphatic hydroxyl groups excluding tert-OH is 1. The third kappa shape index (κ3) is 5.40. The van der Waals surface area contributed by atoms with Gasteiger partial charge in [-0.05, 0) is 19.3 Å². The Bertz CT molecular complexity index is 1310. The van der Waals surface area contributed by atoms with Crippen molar-refractivity contribution in [3.63, 3.8) is 0 Å². The van der Waals surface area contributed by atoms with E-state index in [1.54, 1.807) is 0 Å². The summed E-state index contributed by atoms with van der Waals surface area (Å²) in [4.78, 5) is 15.9. The molecule has 0 saturated carbocycles. The maximum atomic E-state index is 13.6. The van der Waals surface area contributed by atoms with Crippen LogP contribution in [0.1, 0.15) is 36.9 Å². The number of sulfonamides is 1. The monoisotopic (exact) mass is 549 g/mol. The molecule has 0 spiro atoms. The van der Waals surface area contributed by atoms with Crippen molar-refractivity contribution in [2.45, 2.75) is 42.8 Å². The highest BCUT2D eigenvalue weighted by molar-refractivity contribution is 7.91. The van der Waals surface area contributed by atoms with E-state index in [1.165, 1.54) is 23.6 Å². The van der Waals surface area contributed by atoms with Crippen LogP contribution >= 0.6 is 22.7 Å². The second kappa shape index (κ2) is 9.57. The largest absolute Gasteiger partial charge is 0.420 e. The van der Waals surface area contributed by atoms with Crippen molar-refractivity contribution in [3.8, 4) is 10.6 Å². The van der Waals surface area contributed by atoms with Gasteiger partial charge in [0.1, 0.15) is 16.7 Å². The summed E-state index contributed by atoms with van der Waals surface area (Å²) in [5.74, 6) is -0.202. The molecule has 4 N–H and O–H groups in total. The van der Waals surface area contributed by atoms with Crippen molar-refractivity contribution in [1.82, 2.24) is 24.2 Å². The van der Waals surface area contributed by atoms with Crippen molar-refractivity contribution in [1.29, 1.82) is 0 Å². The molecular weight excluding hydrogens is 527 g/mol. The Morgan fingerprint density at radius 2 is 1.97 bits per heavy atom. The summed E-state index contributed by atoms with van der Waals surface area (Å²) in [7, 11) is -3.74. The van der Waals surface area contributed by atoms with Gasteiger partial charge in [0.2, 0.25) is 5.95 Å². The fourth-order valence-electron chi connectivity index (χ4n) is 3.66. The summed E-state index contributed by atoms with van der Waals surface area (Å²) < 4.78 is 68.0. The van der Waals surface area contributed by atoms with Crippen LogP contribution in [0.4, 0.5) is 24.3 Å². The average molecular weight is 550 g/mol. The molecule has 0 bridgehead atoms. The summed E-state index contributed by atoms with van der Waals surface area (Å²) in [6.45, 7) is 3.70. The second-order valence-electron chi connectivity index (χ2n) is 8.09. The van der Waals surface area contributed by atoms with Gasteiger partial charge in [0, 0.05) is 31.5 Å². The Kier molecular flexibility index (Phi) is 7.02. The summed E-state index contributed by atoms with van der Waals surface area (Å²) in [5, 5.41) is 13.2. The van der Waals surface area contributed by atoms with E-state index in [0.717, 1.165) is 22.7 Å². The number of thiazole rings is 2. The zero-order valence-electron chi connectivity index (χ0n) is 18.5. The first kappa shape index (κ1) is 25.7. The average Bonchev–Trinajstić information content (AvgIpc) is 3.44. The molecule has 3 aromatic heterocycles. The third-order valence-corrected chi connectivity index (χ3v) is 9.79. The Hall–Kier alpha value is -2.40. The van der Waals surface area contributed by atoms with E-state index < -0.39 is 27.9 Å². The number of rotatable bonds is 6. The first-order valence-corrected chi connectivity index (χ1v) is 13.5. The molecule has 0 amide bonds. The van der Waals surface area contributed by atoms with Gasteiger partial charge < -0.3 is 16.2 Å². The quantitative estimate of drug-likeness (QED) is 0.422. The van der Waals surface area contributed by atoms with Crippen LogP contribution in [0.25, 0.3) is 10.6 Å². The highest BCUT2D eigenvalue weighted by Gasteiger charge is 2.37. The number of anilines is 2. The molecule has 4 heterocycles. The minimum Gasteiger partial charge on any atom is -0.386 e. The van der Waals surface area contributed by atoms with Crippen molar-refractivity contribution in [2.75, 3.05) is 24.1 Å². The molecule has 10 nitrogen and oxygen atoms in total. The minimum absolute atomic E-state index is 0.0108. The molecule has 190 valence electrons. The predicted molar refractivity (Wildman–Crippen MR) is 125 cm³/mol. The van der Waals surface area contributed by atoms with Gasteiger partial charge in [0.05, 0.1) is 16.8 Å². The number of halogens is 3. The van der Waals surface area contributed by atoms with Crippen LogP contribution in [0.2, 0.25) is 0 Å². The summed E-state index contributed by atoms with van der Waals surface area (Å²) in [6, 6.07) is -0.271. The number of piperidine rings is 1. The molecule has 0 aliphatic carbocycles. The zero-order valence-corrected chi connectivity index (χ0v) is 21.0. The molecule has 1 aliphatic heterocycles. The van der Waals surface area contributed by atoms with E-state index >= 15 is 0 Å². The number of aliphatic hydroxyl groups is 1. The Balaban J connectivity index is 1.54. The fraction of sp³-hybridized carbons (Fsp3) is 0.474. The zero-order chi connectivity index (χ0) is 25.5. The van der Waals surface area contributed by atoms with Crippen LogP contribution in [0.3, 0.4) is 0 Å². The van der Waals surface area contributed by atoms with Gasteiger partial charge in [-0.3, -0.25) is 0 Å². The van der Waals surface area contributed by atoms with Gasteiger partial charge >= 0.3 is 6.18 Å². The molecular formula is C19H22F3N7O3S3. The van der Waals surface area contributed by atoms with E-state index in [4.69, 9.17) is 5.73 Å². The van der Waals surface area contributed by atoms with Crippen LogP contribution in [-0.4, -0.2) is 56.9 Å². The molecule has 1 fully saturated rings. The number of hydrogen-bond acceptors (Lipinski definition) is 11. The minimum atomic E-state index is -4.68. The van der Waals surface area contributed by atoms with Crippen molar-refractivity contribution in [2.24, 2.45) is 5.92 Å². The number of alkyl halides is 3. The Morgan fingerprint density at radius 3 is 2.54 bits per heavy atom. The first-order valence-electron chi connectivity index (χ1n) is 10.4. The van der Waals surface area contributed by atoms with Crippen LogP contribution in [0.5, 0.6) is 0 Å². The molecule has 1 unspecified atom stereocenters. The molecule has 1 aliphatic rings. The second-order valence-corrected chi connectivity index (χ2v) is 12.4. The van der Waals surface area contributed by atoms with Gasteiger partial charge in [-0.2, -0.15) is 17.5 Å². The van der Waals surface area contributed by atoms with Gasteiger partial charge in [-0.25, -0.2) is 28.4 Å². The maximum absolute atomic E-state index is 13.6. The van der Waals surface area contributed by atoms with Crippen LogP contribution < -0.4 is 11.1 Å². The fourth-order valence-corrected chi connectivity index (χ4v) is 7.15. The highest BCUT2D eigenvalue weighted by atomic mass is 32.2. The van der Waals surface area contributed by atoms with Crippen LogP contribution in [-0.2, 0) is 16.2 Å². The molecule has 3 atom stereocenters. The number of aromatic nitrogens is 4. The van der Waals surface area contributed by atoms with Gasteiger partial charge in [0.25, 0.3) is 10.0 Å². The Morgan fingerprint density at radius 1 is 1.23 bits per heavy atom. The summed E-state index contributed by atoms with van der Waals surface area (Å²) in [5.41, 5.74) is 4.21. The van der Waals surface area contributed by atoms with Gasteiger partial charge in [0.15, 0.2) is 9.34 Å². The maximum Gasteiger partial charge on any atom is 0.420 e. The van der Waals surface area contributed by atoms with E-state index in [-0.39, 0.29) is 55.9 Å². The molecule has 35 heavy (non-hydrogen) atoms. The van der Waals surface area contributed by atoms with Crippen LogP contribution in [0.15, 0.2) is 22.8 Å². The number of nitrogen functional groups attached to an aromatic ring is 1. The smallest absolute Gasteiger partial charge is 0.386 e. The third-order valence-electron chi connectivity index (χ3n) is 5.49. The topological polar surface area (TPSA) is 147 Å². The van der Waals surface area contributed by atoms with Crippen molar-refractivity contribution in [3.05, 3.63) is 29.2 Å². The predicted octanol–water partition coefficient (Wildman–Crippen LogP) is 3.22. The summed E-state index contributed by atoms with van der Waals surface area (Å²) in [6.07, 6.45) is -2.04.